The first-order valence-corrected chi connectivity index (χ1v) is 10.4. The summed E-state index contributed by atoms with van der Waals surface area (Å²) in [5.74, 6) is 0.637. The summed E-state index contributed by atoms with van der Waals surface area (Å²) >= 11 is 0. The first-order chi connectivity index (χ1) is 14.5. The van der Waals surface area contributed by atoms with Gasteiger partial charge in [-0.15, -0.1) is 0 Å². The molecule has 156 valence electrons. The van der Waals surface area contributed by atoms with Gasteiger partial charge < -0.3 is 14.2 Å². The van der Waals surface area contributed by atoms with E-state index in [1.165, 1.54) is 0 Å². The maximum atomic E-state index is 12.9. The molecule has 0 saturated carbocycles. The van der Waals surface area contributed by atoms with Gasteiger partial charge in [0.25, 0.3) is 5.91 Å². The van der Waals surface area contributed by atoms with E-state index >= 15 is 0 Å². The van der Waals surface area contributed by atoms with Crippen LogP contribution in [0.5, 0.6) is 0 Å². The summed E-state index contributed by atoms with van der Waals surface area (Å²) in [7, 11) is 2.02. The third-order valence-corrected chi connectivity index (χ3v) is 6.32. The Hall–Kier alpha value is -3.00. The summed E-state index contributed by atoms with van der Waals surface area (Å²) < 4.78 is 7.55. The van der Waals surface area contributed by atoms with Crippen molar-refractivity contribution in [3.63, 3.8) is 0 Å². The molecule has 2 saturated heterocycles. The summed E-state index contributed by atoms with van der Waals surface area (Å²) in [5.41, 5.74) is 3.35. The Balaban J connectivity index is 1.40. The molecule has 1 N–H and O–H groups in total. The number of imide groups is 1. The van der Waals surface area contributed by atoms with Crippen LogP contribution < -0.4 is 5.32 Å². The number of aryl methyl sites for hydroxylation is 1. The quantitative estimate of drug-likeness (QED) is 0.781. The van der Waals surface area contributed by atoms with Crippen molar-refractivity contribution in [1.82, 2.24) is 19.8 Å². The number of hydrogen-bond acceptors (Lipinski definition) is 5. The number of carbonyl (C=O) groups is 3. The van der Waals surface area contributed by atoms with Crippen LogP contribution in [0.25, 0.3) is 11.3 Å². The fraction of sp³-hybridized carbons (Fsp3) is 0.455. The Morgan fingerprint density at radius 2 is 1.93 bits per heavy atom. The lowest BCUT2D eigenvalue weighted by atomic mass is 9.99. The Morgan fingerprint density at radius 1 is 1.13 bits per heavy atom. The zero-order valence-corrected chi connectivity index (χ0v) is 16.9. The number of rotatable bonds is 3. The van der Waals surface area contributed by atoms with Gasteiger partial charge in [0.15, 0.2) is 0 Å². The third kappa shape index (κ3) is 3.21. The van der Waals surface area contributed by atoms with Crippen LogP contribution >= 0.6 is 0 Å². The van der Waals surface area contributed by atoms with E-state index in [2.05, 4.69) is 9.88 Å². The highest BCUT2D eigenvalue weighted by Crippen LogP contribution is 2.32. The van der Waals surface area contributed by atoms with Crippen LogP contribution in [0, 0.1) is 0 Å². The van der Waals surface area contributed by atoms with Gasteiger partial charge >= 0.3 is 0 Å². The van der Waals surface area contributed by atoms with Crippen molar-refractivity contribution in [1.29, 1.82) is 0 Å². The van der Waals surface area contributed by atoms with Crippen molar-refractivity contribution < 1.29 is 19.1 Å². The monoisotopic (exact) mass is 408 g/mol. The molecule has 5 rings (SSSR count). The van der Waals surface area contributed by atoms with Gasteiger partial charge in [-0.25, -0.2) is 4.98 Å². The number of aromatic nitrogens is 2. The van der Waals surface area contributed by atoms with Gasteiger partial charge in [-0.05, 0) is 37.0 Å². The second-order valence-electron chi connectivity index (χ2n) is 8.25. The number of fused-ring (bicyclic) bond motifs is 1. The standard InChI is InChI=1S/C22H24N4O4/c1-25-12-17(23-20(25)13-6-8-30-9-7-13)14-2-3-16-15(10-14)11-26(22(16)29)18-4-5-19(27)24-21(18)28/h2-3,10,12-13,18H,4-9,11H2,1H3,(H,24,27,28). The van der Waals surface area contributed by atoms with Crippen molar-refractivity contribution in [2.45, 2.75) is 44.2 Å². The van der Waals surface area contributed by atoms with Gasteiger partial charge in [0, 0.05) is 56.5 Å². The number of nitrogens with one attached hydrogen (secondary N) is 1. The van der Waals surface area contributed by atoms with Crippen molar-refractivity contribution in [3.8, 4) is 11.3 Å². The number of hydrogen-bond donors (Lipinski definition) is 1. The number of piperidine rings is 1. The molecule has 2 aromatic rings. The average molecular weight is 408 g/mol. The number of ether oxygens (including phenoxy) is 1. The topological polar surface area (TPSA) is 93.5 Å². The number of benzene rings is 1. The van der Waals surface area contributed by atoms with Crippen LogP contribution in [0.4, 0.5) is 0 Å². The van der Waals surface area contributed by atoms with Crippen LogP contribution in [-0.2, 0) is 27.9 Å². The second kappa shape index (κ2) is 7.36. The predicted octanol–water partition coefficient (Wildman–Crippen LogP) is 1.74. The van der Waals surface area contributed by atoms with Crippen LogP contribution in [0.2, 0.25) is 0 Å². The van der Waals surface area contributed by atoms with Crippen LogP contribution in [0.1, 0.15) is 53.3 Å². The van der Waals surface area contributed by atoms with E-state index in [0.29, 0.717) is 24.4 Å². The lowest BCUT2D eigenvalue weighted by Crippen LogP contribution is -2.52. The molecular formula is C22H24N4O4. The number of imidazole rings is 1. The molecule has 1 aromatic carbocycles. The zero-order valence-electron chi connectivity index (χ0n) is 16.9. The highest BCUT2D eigenvalue weighted by Gasteiger charge is 2.39. The molecule has 8 nitrogen and oxygen atoms in total. The smallest absolute Gasteiger partial charge is 0.255 e. The highest BCUT2D eigenvalue weighted by atomic mass is 16.5. The lowest BCUT2D eigenvalue weighted by Gasteiger charge is -2.29. The Kier molecular flexibility index (Phi) is 4.66. The van der Waals surface area contributed by atoms with Crippen LogP contribution in [-0.4, -0.2) is 51.4 Å². The van der Waals surface area contributed by atoms with Crippen LogP contribution in [0.3, 0.4) is 0 Å². The van der Waals surface area contributed by atoms with Crippen LogP contribution in [0.15, 0.2) is 24.4 Å². The lowest BCUT2D eigenvalue weighted by molar-refractivity contribution is -0.136. The number of nitrogens with zero attached hydrogens (tertiary/aromatic N) is 3. The molecule has 0 spiro atoms. The Labute approximate surface area is 174 Å². The van der Waals surface area contributed by atoms with E-state index in [4.69, 9.17) is 9.72 Å². The summed E-state index contributed by atoms with van der Waals surface area (Å²) in [6, 6.07) is 5.14. The summed E-state index contributed by atoms with van der Waals surface area (Å²) in [6.45, 7) is 1.90. The highest BCUT2D eigenvalue weighted by molar-refractivity contribution is 6.05. The molecule has 3 aliphatic rings. The average Bonchev–Trinajstić information content (AvgIpc) is 3.29. The zero-order chi connectivity index (χ0) is 20.8. The molecule has 1 aromatic heterocycles. The molecule has 3 aliphatic heterocycles. The fourth-order valence-corrected chi connectivity index (χ4v) is 4.69. The molecular weight excluding hydrogens is 384 g/mol. The molecule has 1 unspecified atom stereocenters. The maximum Gasteiger partial charge on any atom is 0.255 e. The number of amides is 3. The molecule has 1 atom stereocenters. The third-order valence-electron chi connectivity index (χ3n) is 6.32. The van der Waals surface area contributed by atoms with Gasteiger partial charge in [0.2, 0.25) is 11.8 Å². The number of carbonyl (C=O) groups excluding carboxylic acids is 3. The molecule has 30 heavy (non-hydrogen) atoms. The van der Waals surface area contributed by atoms with Gasteiger partial charge in [-0.2, -0.15) is 0 Å². The van der Waals surface area contributed by atoms with Gasteiger partial charge in [-0.1, -0.05) is 6.07 Å². The molecule has 0 radical (unpaired) electrons. The van der Waals surface area contributed by atoms with E-state index in [1.807, 2.05) is 31.4 Å². The van der Waals surface area contributed by atoms with Gasteiger partial charge in [0.1, 0.15) is 11.9 Å². The van der Waals surface area contributed by atoms with Crippen molar-refractivity contribution in [2.75, 3.05) is 13.2 Å². The predicted molar refractivity (Wildman–Crippen MR) is 107 cm³/mol. The minimum Gasteiger partial charge on any atom is -0.381 e. The van der Waals surface area contributed by atoms with E-state index in [1.54, 1.807) is 4.90 Å². The van der Waals surface area contributed by atoms with E-state index in [-0.39, 0.29) is 18.2 Å². The summed E-state index contributed by atoms with van der Waals surface area (Å²) in [5, 5.41) is 2.34. The first-order valence-electron chi connectivity index (χ1n) is 10.4. The van der Waals surface area contributed by atoms with E-state index in [9.17, 15) is 14.4 Å². The minimum absolute atomic E-state index is 0.157. The van der Waals surface area contributed by atoms with Crippen molar-refractivity contribution in [3.05, 3.63) is 41.3 Å². The minimum atomic E-state index is -0.596. The molecule has 2 fully saturated rings. The maximum absolute atomic E-state index is 12.9. The van der Waals surface area contributed by atoms with Crippen molar-refractivity contribution in [2.24, 2.45) is 7.05 Å². The van der Waals surface area contributed by atoms with Gasteiger partial charge in [-0.3, -0.25) is 19.7 Å². The Morgan fingerprint density at radius 3 is 2.70 bits per heavy atom. The normalized spacial score (nSPS) is 22.4. The molecule has 4 heterocycles. The van der Waals surface area contributed by atoms with E-state index < -0.39 is 11.9 Å². The SMILES string of the molecule is Cn1cc(-c2ccc3c(c2)CN(C2CCC(=O)NC2=O)C3=O)nc1C1CCOCC1. The first kappa shape index (κ1) is 19.0. The molecule has 0 bridgehead atoms. The molecule has 0 aliphatic carbocycles. The Bertz CT molecular complexity index is 1040. The summed E-state index contributed by atoms with van der Waals surface area (Å²) in [6.07, 6.45) is 4.60. The van der Waals surface area contributed by atoms with Crippen molar-refractivity contribution >= 4 is 17.7 Å². The fourth-order valence-electron chi connectivity index (χ4n) is 4.69. The summed E-state index contributed by atoms with van der Waals surface area (Å²) in [4.78, 5) is 43.0. The molecule has 8 heteroatoms. The second-order valence-corrected chi connectivity index (χ2v) is 8.25. The molecule has 3 amide bonds. The largest absolute Gasteiger partial charge is 0.381 e. The van der Waals surface area contributed by atoms with Gasteiger partial charge in [0.05, 0.1) is 5.69 Å². The van der Waals surface area contributed by atoms with E-state index in [0.717, 1.165) is 48.7 Å².